The molecule has 1 rings (SSSR count). The number of carbonyl (C=O) groups excluding carboxylic acids is 1. The Labute approximate surface area is 153 Å². The largest absolute Gasteiger partial charge is 0.493 e. The van der Waals surface area contributed by atoms with Gasteiger partial charge in [-0.2, -0.15) is 0 Å². The van der Waals surface area contributed by atoms with Crippen molar-refractivity contribution in [3.63, 3.8) is 0 Å². The molecule has 0 saturated heterocycles. The number of ether oxygens (including phenoxy) is 2. The Hall–Kier alpha value is -2.29. The van der Waals surface area contributed by atoms with Gasteiger partial charge in [-0.25, -0.2) is 8.42 Å². The topological polar surface area (TPSA) is 119 Å². The number of aliphatic carboxylic acids is 1. The number of nitrogens with one attached hydrogen (secondary N) is 1. The molecule has 0 aliphatic heterocycles. The van der Waals surface area contributed by atoms with Crippen molar-refractivity contribution in [3.8, 4) is 11.5 Å². The summed E-state index contributed by atoms with van der Waals surface area (Å²) >= 11 is 0. The molecular formula is C17H25NO7S. The summed E-state index contributed by atoms with van der Waals surface area (Å²) in [5.41, 5.74) is 0.464. The molecule has 2 N–H and O–H groups in total. The van der Waals surface area contributed by atoms with Crippen LogP contribution >= 0.6 is 0 Å². The number of methoxy groups -OCH3 is 2. The first-order valence-corrected chi connectivity index (χ1v) is 9.52. The summed E-state index contributed by atoms with van der Waals surface area (Å²) in [5, 5.41) is 11.6. The molecule has 8 nitrogen and oxygen atoms in total. The SMILES string of the molecule is COc1ccc(C(CC(=O)O)NC(=O)CS(=O)(=O)C(C)(C)C)cc1OC. The van der Waals surface area contributed by atoms with E-state index in [0.29, 0.717) is 17.1 Å². The van der Waals surface area contributed by atoms with Gasteiger partial charge in [-0.1, -0.05) is 6.07 Å². The van der Waals surface area contributed by atoms with Crippen molar-refractivity contribution in [2.45, 2.75) is 38.0 Å². The van der Waals surface area contributed by atoms with E-state index in [2.05, 4.69) is 5.32 Å². The third-order valence-electron chi connectivity index (χ3n) is 3.78. The molecule has 0 heterocycles. The summed E-state index contributed by atoms with van der Waals surface area (Å²) in [5.74, 6) is -1.80. The minimum atomic E-state index is -3.68. The molecule has 0 bridgehead atoms. The number of carboxylic acid groups (broad SMARTS) is 1. The molecule has 1 atom stereocenters. The summed E-state index contributed by atoms with van der Waals surface area (Å²) in [6.07, 6.45) is -0.406. The Morgan fingerprint density at radius 2 is 1.73 bits per heavy atom. The second kappa shape index (κ2) is 8.39. The zero-order chi connectivity index (χ0) is 20.1. The highest BCUT2D eigenvalue weighted by atomic mass is 32.2. The molecule has 0 aliphatic carbocycles. The van der Waals surface area contributed by atoms with Gasteiger partial charge in [0.05, 0.1) is 31.4 Å². The Bertz CT molecular complexity index is 766. The lowest BCUT2D eigenvalue weighted by atomic mass is 10.0. The lowest BCUT2D eigenvalue weighted by Crippen LogP contribution is -2.40. The first kappa shape index (κ1) is 21.8. The first-order chi connectivity index (χ1) is 11.9. The number of hydrogen-bond donors (Lipinski definition) is 2. The van der Waals surface area contributed by atoms with Crippen molar-refractivity contribution in [2.24, 2.45) is 0 Å². The van der Waals surface area contributed by atoms with Gasteiger partial charge in [-0.05, 0) is 38.5 Å². The van der Waals surface area contributed by atoms with E-state index in [4.69, 9.17) is 14.6 Å². The van der Waals surface area contributed by atoms with E-state index in [1.807, 2.05) is 0 Å². The fourth-order valence-corrected chi connectivity index (χ4v) is 2.98. The molecule has 0 aromatic heterocycles. The van der Waals surface area contributed by atoms with Crippen LogP contribution in [-0.4, -0.2) is 50.1 Å². The van der Waals surface area contributed by atoms with E-state index in [9.17, 15) is 18.0 Å². The van der Waals surface area contributed by atoms with Crippen molar-refractivity contribution >= 4 is 21.7 Å². The lowest BCUT2D eigenvalue weighted by Gasteiger charge is -2.22. The Kier molecular flexibility index (Phi) is 7.02. The van der Waals surface area contributed by atoms with Gasteiger partial charge in [0, 0.05) is 0 Å². The molecule has 0 radical (unpaired) electrons. The van der Waals surface area contributed by atoms with Gasteiger partial charge in [-0.15, -0.1) is 0 Å². The van der Waals surface area contributed by atoms with Gasteiger partial charge in [-0.3, -0.25) is 9.59 Å². The van der Waals surface area contributed by atoms with E-state index in [1.165, 1.54) is 35.0 Å². The van der Waals surface area contributed by atoms with Crippen LogP contribution in [0.15, 0.2) is 18.2 Å². The number of benzene rings is 1. The number of carboxylic acids is 1. The van der Waals surface area contributed by atoms with Crippen LogP contribution in [0, 0.1) is 0 Å². The maximum Gasteiger partial charge on any atom is 0.305 e. The smallest absolute Gasteiger partial charge is 0.305 e. The highest BCUT2D eigenvalue weighted by Crippen LogP contribution is 2.31. The van der Waals surface area contributed by atoms with E-state index in [1.54, 1.807) is 18.2 Å². The number of rotatable bonds is 8. The van der Waals surface area contributed by atoms with Gasteiger partial charge in [0.15, 0.2) is 21.3 Å². The highest BCUT2D eigenvalue weighted by molar-refractivity contribution is 7.93. The monoisotopic (exact) mass is 387 g/mol. The number of amides is 1. The Balaban J connectivity index is 3.08. The summed E-state index contributed by atoms with van der Waals surface area (Å²) in [6.45, 7) is 4.50. The molecule has 1 unspecified atom stereocenters. The van der Waals surface area contributed by atoms with Crippen LogP contribution in [0.2, 0.25) is 0 Å². The minimum Gasteiger partial charge on any atom is -0.493 e. The van der Waals surface area contributed by atoms with Gasteiger partial charge in [0.25, 0.3) is 0 Å². The normalized spacial score (nSPS) is 13.0. The van der Waals surface area contributed by atoms with Crippen LogP contribution in [0.5, 0.6) is 11.5 Å². The molecule has 1 amide bonds. The predicted molar refractivity (Wildman–Crippen MR) is 96.2 cm³/mol. The molecule has 26 heavy (non-hydrogen) atoms. The summed E-state index contributed by atoms with van der Waals surface area (Å²) in [6, 6.07) is 3.81. The van der Waals surface area contributed by atoms with Crippen LogP contribution in [-0.2, 0) is 19.4 Å². The summed E-state index contributed by atoms with van der Waals surface area (Å²) < 4.78 is 33.6. The average Bonchev–Trinajstić information content (AvgIpc) is 2.51. The van der Waals surface area contributed by atoms with Crippen LogP contribution < -0.4 is 14.8 Å². The molecule has 1 aromatic carbocycles. The highest BCUT2D eigenvalue weighted by Gasteiger charge is 2.32. The van der Waals surface area contributed by atoms with Crippen molar-refractivity contribution in [2.75, 3.05) is 20.0 Å². The van der Waals surface area contributed by atoms with Crippen molar-refractivity contribution in [1.82, 2.24) is 5.32 Å². The van der Waals surface area contributed by atoms with Gasteiger partial charge >= 0.3 is 5.97 Å². The van der Waals surface area contributed by atoms with E-state index in [-0.39, 0.29) is 0 Å². The lowest BCUT2D eigenvalue weighted by molar-refractivity contribution is -0.137. The maximum atomic E-state index is 12.2. The quantitative estimate of drug-likeness (QED) is 0.694. The molecular weight excluding hydrogens is 362 g/mol. The molecule has 0 spiro atoms. The van der Waals surface area contributed by atoms with Crippen LogP contribution in [0.4, 0.5) is 0 Å². The minimum absolute atomic E-state index is 0.372. The number of sulfone groups is 1. The van der Waals surface area contributed by atoms with Gasteiger partial charge in [0.1, 0.15) is 5.75 Å². The average molecular weight is 387 g/mol. The third kappa shape index (κ3) is 5.62. The second-order valence-electron chi connectivity index (χ2n) is 6.70. The zero-order valence-corrected chi connectivity index (χ0v) is 16.3. The van der Waals surface area contributed by atoms with Crippen molar-refractivity contribution in [1.29, 1.82) is 0 Å². The summed E-state index contributed by atoms with van der Waals surface area (Å²) in [4.78, 5) is 23.4. The standard InChI is InChI=1S/C17H25NO7S/c1-17(2,3)26(22,23)10-15(19)18-12(9-16(20)21)11-6-7-13(24-4)14(8-11)25-5/h6-8,12H,9-10H2,1-5H3,(H,18,19)(H,20,21). The first-order valence-electron chi connectivity index (χ1n) is 7.86. The molecule has 0 saturated carbocycles. The Morgan fingerprint density at radius 3 is 2.19 bits per heavy atom. The molecule has 146 valence electrons. The van der Waals surface area contributed by atoms with Crippen molar-refractivity contribution in [3.05, 3.63) is 23.8 Å². The summed E-state index contributed by atoms with van der Waals surface area (Å²) in [7, 11) is -0.784. The van der Waals surface area contributed by atoms with Gasteiger partial charge < -0.3 is 19.9 Å². The van der Waals surface area contributed by atoms with E-state index >= 15 is 0 Å². The number of hydrogen-bond acceptors (Lipinski definition) is 6. The van der Waals surface area contributed by atoms with Crippen molar-refractivity contribution < 1.29 is 32.6 Å². The fraction of sp³-hybridized carbons (Fsp3) is 0.529. The van der Waals surface area contributed by atoms with Crippen LogP contribution in [0.25, 0.3) is 0 Å². The molecule has 1 aromatic rings. The van der Waals surface area contributed by atoms with Gasteiger partial charge in [0.2, 0.25) is 5.91 Å². The third-order valence-corrected chi connectivity index (χ3v) is 6.29. The molecule has 0 fully saturated rings. The maximum absolute atomic E-state index is 12.2. The van der Waals surface area contributed by atoms with Crippen LogP contribution in [0.3, 0.4) is 0 Å². The zero-order valence-electron chi connectivity index (χ0n) is 15.5. The second-order valence-corrected chi connectivity index (χ2v) is 9.45. The van der Waals surface area contributed by atoms with E-state index in [0.717, 1.165) is 0 Å². The molecule has 0 aliphatic rings. The molecule has 9 heteroatoms. The number of carbonyl (C=O) groups is 2. The van der Waals surface area contributed by atoms with Crippen LogP contribution in [0.1, 0.15) is 38.8 Å². The predicted octanol–water partition coefficient (Wildman–Crippen LogP) is 1.55. The Morgan fingerprint density at radius 1 is 1.15 bits per heavy atom. The fourth-order valence-electron chi connectivity index (χ4n) is 2.12. The van der Waals surface area contributed by atoms with E-state index < -0.39 is 44.7 Å².